The predicted molar refractivity (Wildman–Crippen MR) is 75.0 cm³/mol. The van der Waals surface area contributed by atoms with Gasteiger partial charge in [0, 0.05) is 13.2 Å². The van der Waals surface area contributed by atoms with Crippen molar-refractivity contribution in [3.63, 3.8) is 0 Å². The van der Waals surface area contributed by atoms with Gasteiger partial charge in [0.2, 0.25) is 0 Å². The van der Waals surface area contributed by atoms with Gasteiger partial charge in [0.1, 0.15) is 6.04 Å². The number of carbonyl (C=O) groups excluding carboxylic acids is 1. The second-order valence-corrected chi connectivity index (χ2v) is 5.15. The highest BCUT2D eigenvalue weighted by Crippen LogP contribution is 2.03. The van der Waals surface area contributed by atoms with E-state index in [1.165, 1.54) is 0 Å². The molecule has 0 aromatic rings. The SMILES string of the molecule is CCOC(=O)C(C)NCC(O)COCCCC(C)C. The zero-order chi connectivity index (χ0) is 14.7. The van der Waals surface area contributed by atoms with E-state index in [-0.39, 0.29) is 5.97 Å². The zero-order valence-electron chi connectivity index (χ0n) is 12.6. The highest BCUT2D eigenvalue weighted by molar-refractivity contribution is 5.75. The maximum Gasteiger partial charge on any atom is 0.322 e. The fourth-order valence-electron chi connectivity index (χ4n) is 1.54. The lowest BCUT2D eigenvalue weighted by Crippen LogP contribution is -2.41. The Morgan fingerprint density at radius 2 is 2.00 bits per heavy atom. The van der Waals surface area contributed by atoms with Crippen molar-refractivity contribution in [1.29, 1.82) is 0 Å². The lowest BCUT2D eigenvalue weighted by molar-refractivity contribution is -0.145. The summed E-state index contributed by atoms with van der Waals surface area (Å²) >= 11 is 0. The van der Waals surface area contributed by atoms with Gasteiger partial charge in [0.25, 0.3) is 0 Å². The van der Waals surface area contributed by atoms with Crippen LogP contribution >= 0.6 is 0 Å². The molecule has 0 aliphatic heterocycles. The van der Waals surface area contributed by atoms with Gasteiger partial charge in [-0.15, -0.1) is 0 Å². The third kappa shape index (κ3) is 10.9. The number of rotatable bonds is 11. The van der Waals surface area contributed by atoms with E-state index in [0.717, 1.165) is 12.8 Å². The Bertz CT molecular complexity index is 233. The highest BCUT2D eigenvalue weighted by Gasteiger charge is 2.14. The Morgan fingerprint density at radius 1 is 1.32 bits per heavy atom. The summed E-state index contributed by atoms with van der Waals surface area (Å²) < 4.78 is 10.2. The molecule has 0 bridgehead atoms. The molecule has 0 aromatic heterocycles. The standard InChI is InChI=1S/C14H29NO4/c1-5-19-14(17)12(4)15-9-13(16)10-18-8-6-7-11(2)3/h11-13,15-16H,5-10H2,1-4H3. The van der Waals surface area contributed by atoms with Crippen LogP contribution in [0.1, 0.15) is 40.5 Å². The summed E-state index contributed by atoms with van der Waals surface area (Å²) in [5, 5.41) is 12.6. The minimum Gasteiger partial charge on any atom is -0.465 e. The van der Waals surface area contributed by atoms with Crippen molar-refractivity contribution in [2.24, 2.45) is 5.92 Å². The van der Waals surface area contributed by atoms with Crippen LogP contribution in [0.2, 0.25) is 0 Å². The molecule has 0 rings (SSSR count). The molecule has 0 radical (unpaired) electrons. The smallest absolute Gasteiger partial charge is 0.322 e. The molecule has 0 spiro atoms. The van der Waals surface area contributed by atoms with E-state index in [1.807, 2.05) is 0 Å². The van der Waals surface area contributed by atoms with Crippen LogP contribution in [0.5, 0.6) is 0 Å². The van der Waals surface area contributed by atoms with Gasteiger partial charge in [-0.05, 0) is 32.6 Å². The molecular weight excluding hydrogens is 246 g/mol. The van der Waals surface area contributed by atoms with Gasteiger partial charge in [-0.3, -0.25) is 4.79 Å². The van der Waals surface area contributed by atoms with E-state index < -0.39 is 12.1 Å². The number of esters is 1. The average molecular weight is 275 g/mol. The largest absolute Gasteiger partial charge is 0.465 e. The molecule has 0 aromatic carbocycles. The number of aliphatic hydroxyl groups is 1. The Hall–Kier alpha value is -0.650. The lowest BCUT2D eigenvalue weighted by atomic mass is 10.1. The molecule has 0 aliphatic carbocycles. The summed E-state index contributed by atoms with van der Waals surface area (Å²) in [4.78, 5) is 11.3. The Kier molecular flexibility index (Phi) is 10.8. The third-order valence-electron chi connectivity index (χ3n) is 2.68. The highest BCUT2D eigenvalue weighted by atomic mass is 16.5. The van der Waals surface area contributed by atoms with E-state index in [1.54, 1.807) is 13.8 Å². The van der Waals surface area contributed by atoms with Crippen molar-refractivity contribution in [1.82, 2.24) is 5.32 Å². The van der Waals surface area contributed by atoms with E-state index in [4.69, 9.17) is 9.47 Å². The summed E-state index contributed by atoms with van der Waals surface area (Å²) in [5.41, 5.74) is 0. The molecule has 0 amide bonds. The zero-order valence-corrected chi connectivity index (χ0v) is 12.6. The number of carbonyl (C=O) groups is 1. The molecular formula is C14H29NO4. The Morgan fingerprint density at radius 3 is 2.58 bits per heavy atom. The van der Waals surface area contributed by atoms with Crippen molar-refractivity contribution >= 4 is 5.97 Å². The minimum absolute atomic E-state index is 0.292. The van der Waals surface area contributed by atoms with Crippen LogP contribution < -0.4 is 5.32 Å². The summed E-state index contributed by atoms with van der Waals surface area (Å²) in [7, 11) is 0. The van der Waals surface area contributed by atoms with Crippen LogP contribution in [-0.2, 0) is 14.3 Å². The quantitative estimate of drug-likeness (QED) is 0.440. The molecule has 0 aliphatic rings. The number of nitrogens with one attached hydrogen (secondary N) is 1. The molecule has 0 heterocycles. The second-order valence-electron chi connectivity index (χ2n) is 5.15. The topological polar surface area (TPSA) is 67.8 Å². The van der Waals surface area contributed by atoms with Crippen LogP contribution in [0.3, 0.4) is 0 Å². The van der Waals surface area contributed by atoms with E-state index in [0.29, 0.717) is 32.3 Å². The minimum atomic E-state index is -0.601. The molecule has 19 heavy (non-hydrogen) atoms. The summed E-state index contributed by atoms with van der Waals surface area (Å²) in [5.74, 6) is 0.383. The van der Waals surface area contributed by atoms with Gasteiger partial charge in [-0.1, -0.05) is 13.8 Å². The number of hydrogen-bond acceptors (Lipinski definition) is 5. The fourth-order valence-corrected chi connectivity index (χ4v) is 1.54. The lowest BCUT2D eigenvalue weighted by Gasteiger charge is -2.16. The first-order chi connectivity index (χ1) is 8.97. The molecule has 0 saturated heterocycles. The number of aliphatic hydroxyl groups excluding tert-OH is 1. The Labute approximate surface area is 116 Å². The maximum absolute atomic E-state index is 11.3. The first-order valence-corrected chi connectivity index (χ1v) is 7.13. The summed E-state index contributed by atoms with van der Waals surface area (Å²) in [6.45, 7) is 9.49. The maximum atomic E-state index is 11.3. The molecule has 0 saturated carbocycles. The van der Waals surface area contributed by atoms with Crippen molar-refractivity contribution in [2.45, 2.75) is 52.7 Å². The van der Waals surface area contributed by atoms with Crippen molar-refractivity contribution in [2.75, 3.05) is 26.4 Å². The number of hydrogen-bond donors (Lipinski definition) is 2. The van der Waals surface area contributed by atoms with Gasteiger partial charge < -0.3 is 19.9 Å². The van der Waals surface area contributed by atoms with Crippen LogP contribution in [-0.4, -0.2) is 49.6 Å². The van der Waals surface area contributed by atoms with Crippen molar-refractivity contribution in [3.8, 4) is 0 Å². The number of ether oxygens (including phenoxy) is 2. The molecule has 2 N–H and O–H groups in total. The van der Waals surface area contributed by atoms with E-state index in [9.17, 15) is 9.90 Å². The fraction of sp³-hybridized carbons (Fsp3) is 0.929. The van der Waals surface area contributed by atoms with Crippen LogP contribution in [0.4, 0.5) is 0 Å². The molecule has 114 valence electrons. The second kappa shape index (κ2) is 11.2. The van der Waals surface area contributed by atoms with Gasteiger partial charge in [0.05, 0.1) is 19.3 Å². The Balaban J connectivity index is 3.53. The predicted octanol–water partition coefficient (Wildman–Crippen LogP) is 1.34. The van der Waals surface area contributed by atoms with Gasteiger partial charge in [0.15, 0.2) is 0 Å². The van der Waals surface area contributed by atoms with Crippen LogP contribution in [0.25, 0.3) is 0 Å². The molecule has 5 heteroatoms. The summed E-state index contributed by atoms with van der Waals surface area (Å²) in [6, 6.07) is -0.407. The molecule has 5 nitrogen and oxygen atoms in total. The van der Waals surface area contributed by atoms with Crippen molar-refractivity contribution < 1.29 is 19.4 Å². The first-order valence-electron chi connectivity index (χ1n) is 7.13. The molecule has 0 fully saturated rings. The summed E-state index contributed by atoms with van der Waals surface area (Å²) in [6.07, 6.45) is 1.54. The van der Waals surface area contributed by atoms with Gasteiger partial charge >= 0.3 is 5.97 Å². The average Bonchev–Trinajstić information content (AvgIpc) is 2.35. The van der Waals surface area contributed by atoms with Crippen LogP contribution in [0.15, 0.2) is 0 Å². The molecule has 2 atom stereocenters. The molecule has 2 unspecified atom stereocenters. The van der Waals surface area contributed by atoms with E-state index >= 15 is 0 Å². The van der Waals surface area contributed by atoms with Gasteiger partial charge in [-0.2, -0.15) is 0 Å². The van der Waals surface area contributed by atoms with Crippen LogP contribution in [0, 0.1) is 5.92 Å². The normalized spacial score (nSPS) is 14.4. The van der Waals surface area contributed by atoms with E-state index in [2.05, 4.69) is 19.2 Å². The van der Waals surface area contributed by atoms with Crippen molar-refractivity contribution in [3.05, 3.63) is 0 Å². The van der Waals surface area contributed by atoms with Gasteiger partial charge in [-0.25, -0.2) is 0 Å². The monoisotopic (exact) mass is 275 g/mol. The first kappa shape index (κ1) is 18.4. The third-order valence-corrected chi connectivity index (χ3v) is 2.68.